The number of Topliss-reactive ketones (excluding diaryl/α,β-unsaturated/α-hetero) is 2. The van der Waals surface area contributed by atoms with Crippen LogP contribution >= 0.6 is 0 Å². The van der Waals surface area contributed by atoms with Crippen LogP contribution in [0.15, 0.2) is 60.7 Å². The van der Waals surface area contributed by atoms with Crippen molar-refractivity contribution in [2.75, 3.05) is 13.1 Å². The van der Waals surface area contributed by atoms with Crippen LogP contribution in [0, 0.1) is 18.8 Å². The van der Waals surface area contributed by atoms with Crippen molar-refractivity contribution in [3.05, 3.63) is 77.4 Å². The molecule has 5 nitrogen and oxygen atoms in total. The molecule has 4 rings (SSSR count). The molecule has 0 spiro atoms. The topological polar surface area (TPSA) is 66.5 Å². The van der Waals surface area contributed by atoms with Gasteiger partial charge in [-0.3, -0.25) is 14.4 Å². The van der Waals surface area contributed by atoms with Gasteiger partial charge in [-0.1, -0.05) is 60.2 Å². The van der Waals surface area contributed by atoms with Gasteiger partial charge in [-0.25, -0.2) is 0 Å². The van der Waals surface area contributed by atoms with Gasteiger partial charge in [0, 0.05) is 36.3 Å². The van der Waals surface area contributed by atoms with Crippen molar-refractivity contribution in [1.29, 1.82) is 0 Å². The summed E-state index contributed by atoms with van der Waals surface area (Å²) in [6, 6.07) is 17.3. The normalized spacial score (nSPS) is 21.4. The van der Waals surface area contributed by atoms with E-state index in [1.54, 1.807) is 4.90 Å². The number of amides is 1. The Morgan fingerprint density at radius 3 is 2.23 bits per heavy atom. The number of likely N-dealkylation sites (tertiary alicyclic amines) is 1. The number of carbonyl (C=O) groups excluding carboxylic acids is 3. The Labute approximate surface area is 183 Å². The number of nitrogens with one attached hydrogen (secondary N) is 1. The molecule has 160 valence electrons. The molecule has 1 amide bonds. The fraction of sp³-hybridized carbons (Fsp3) is 0.346. The molecule has 31 heavy (non-hydrogen) atoms. The molecule has 2 heterocycles. The van der Waals surface area contributed by atoms with E-state index in [1.807, 2.05) is 74.5 Å². The summed E-state index contributed by atoms with van der Waals surface area (Å²) in [6.07, 6.45) is 3.05. The molecule has 0 bridgehead atoms. The number of nitrogens with zero attached hydrogens (tertiary/aromatic N) is 1. The number of aryl methyl sites for hydroxylation is 1. The quantitative estimate of drug-likeness (QED) is 0.597. The van der Waals surface area contributed by atoms with Gasteiger partial charge < -0.3 is 10.2 Å². The van der Waals surface area contributed by atoms with Gasteiger partial charge >= 0.3 is 0 Å². The average Bonchev–Trinajstić information content (AvgIpc) is 3.20. The Kier molecular flexibility index (Phi) is 6.03. The highest BCUT2D eigenvalue weighted by Crippen LogP contribution is 2.27. The smallest absolute Gasteiger partial charge is 0.290 e. The van der Waals surface area contributed by atoms with Crippen LogP contribution in [0.4, 0.5) is 0 Å². The van der Waals surface area contributed by atoms with E-state index < -0.39 is 11.8 Å². The first kappa shape index (κ1) is 21.0. The largest absolute Gasteiger partial charge is 0.381 e. The Hall–Kier alpha value is -3.21. The lowest BCUT2D eigenvalue weighted by Crippen LogP contribution is -2.46. The van der Waals surface area contributed by atoms with Crippen LogP contribution in [0.3, 0.4) is 0 Å². The Morgan fingerprint density at radius 1 is 0.935 bits per heavy atom. The number of benzene rings is 2. The van der Waals surface area contributed by atoms with E-state index in [4.69, 9.17) is 0 Å². The van der Waals surface area contributed by atoms with Gasteiger partial charge in [0.15, 0.2) is 5.78 Å². The first-order chi connectivity index (χ1) is 14.9. The summed E-state index contributed by atoms with van der Waals surface area (Å²) in [5.41, 5.74) is 3.74. The minimum Gasteiger partial charge on any atom is -0.381 e. The minimum absolute atomic E-state index is 0.0986. The molecular formula is C26H28N2O3. The molecule has 2 unspecified atom stereocenters. The summed E-state index contributed by atoms with van der Waals surface area (Å²) in [4.78, 5) is 40.2. The van der Waals surface area contributed by atoms with Crippen molar-refractivity contribution in [3.8, 4) is 0 Å². The lowest BCUT2D eigenvalue weighted by Gasteiger charge is -2.31. The molecule has 0 saturated carbocycles. The predicted molar refractivity (Wildman–Crippen MR) is 120 cm³/mol. The van der Waals surface area contributed by atoms with Gasteiger partial charge in [0.2, 0.25) is 5.78 Å². The van der Waals surface area contributed by atoms with E-state index in [9.17, 15) is 14.4 Å². The zero-order valence-corrected chi connectivity index (χ0v) is 18.0. The molecule has 1 fully saturated rings. The number of hydrogen-bond donors (Lipinski definition) is 1. The van der Waals surface area contributed by atoms with Crippen LogP contribution in [-0.4, -0.2) is 41.5 Å². The van der Waals surface area contributed by atoms with Crippen molar-refractivity contribution in [1.82, 2.24) is 10.2 Å². The monoisotopic (exact) mass is 416 g/mol. The molecule has 0 radical (unpaired) electrons. The average molecular weight is 417 g/mol. The second kappa shape index (κ2) is 8.88. The van der Waals surface area contributed by atoms with E-state index >= 15 is 0 Å². The first-order valence-electron chi connectivity index (χ1n) is 10.9. The second-order valence-electron chi connectivity index (χ2n) is 8.57. The molecule has 1 N–H and O–H groups in total. The Balaban J connectivity index is 1.37. The third kappa shape index (κ3) is 4.46. The third-order valence-electron chi connectivity index (χ3n) is 6.36. The fourth-order valence-corrected chi connectivity index (χ4v) is 4.40. The van der Waals surface area contributed by atoms with Crippen molar-refractivity contribution in [3.63, 3.8) is 0 Å². The van der Waals surface area contributed by atoms with Crippen LogP contribution in [0.2, 0.25) is 0 Å². The number of rotatable bonds is 5. The SMILES string of the molecule is Cc1ccc(C(=O)C2CCN(C(=O)C(=O)C3C=C(c4ccccc4)NC3C)CC2)cc1. The predicted octanol–water partition coefficient (Wildman–Crippen LogP) is 3.63. The summed E-state index contributed by atoms with van der Waals surface area (Å²) in [7, 11) is 0. The molecule has 1 saturated heterocycles. The summed E-state index contributed by atoms with van der Waals surface area (Å²) >= 11 is 0. The highest BCUT2D eigenvalue weighted by atomic mass is 16.2. The van der Waals surface area contributed by atoms with Gasteiger partial charge in [-0.05, 0) is 38.3 Å². The Bertz CT molecular complexity index is 1000. The van der Waals surface area contributed by atoms with Gasteiger partial charge in [0.1, 0.15) is 0 Å². The molecule has 2 aliphatic heterocycles. The zero-order chi connectivity index (χ0) is 22.0. The third-order valence-corrected chi connectivity index (χ3v) is 6.36. The van der Waals surface area contributed by atoms with Gasteiger partial charge in [0.25, 0.3) is 5.91 Å². The highest BCUT2D eigenvalue weighted by Gasteiger charge is 2.37. The molecule has 0 aliphatic carbocycles. The maximum Gasteiger partial charge on any atom is 0.290 e. The van der Waals surface area contributed by atoms with E-state index in [0.717, 1.165) is 22.4 Å². The van der Waals surface area contributed by atoms with Crippen LogP contribution in [0.5, 0.6) is 0 Å². The second-order valence-corrected chi connectivity index (χ2v) is 8.57. The van der Waals surface area contributed by atoms with Gasteiger partial charge in [-0.15, -0.1) is 0 Å². The van der Waals surface area contributed by atoms with Gasteiger partial charge in [-0.2, -0.15) is 0 Å². The summed E-state index contributed by atoms with van der Waals surface area (Å²) in [5, 5.41) is 3.33. The van der Waals surface area contributed by atoms with E-state index in [0.29, 0.717) is 25.9 Å². The molecule has 2 aromatic rings. The Morgan fingerprint density at radius 2 is 1.58 bits per heavy atom. The van der Waals surface area contributed by atoms with Crippen LogP contribution < -0.4 is 5.32 Å². The molecule has 0 aromatic heterocycles. The standard InChI is InChI=1S/C26H28N2O3/c1-17-8-10-20(11-9-17)24(29)21-12-14-28(15-13-21)26(31)25(30)22-16-23(27-18(22)2)19-6-4-3-5-7-19/h3-11,16,18,21-22,27H,12-15H2,1-2H3. The van der Waals surface area contributed by atoms with E-state index in [2.05, 4.69) is 5.32 Å². The number of carbonyl (C=O) groups is 3. The lowest BCUT2D eigenvalue weighted by atomic mass is 9.88. The van der Waals surface area contributed by atoms with Crippen LogP contribution in [-0.2, 0) is 9.59 Å². The number of piperidine rings is 1. The van der Waals surface area contributed by atoms with Crippen molar-refractivity contribution < 1.29 is 14.4 Å². The van der Waals surface area contributed by atoms with Crippen molar-refractivity contribution in [2.45, 2.75) is 32.7 Å². The van der Waals surface area contributed by atoms with E-state index in [-0.39, 0.29) is 23.5 Å². The summed E-state index contributed by atoms with van der Waals surface area (Å²) < 4.78 is 0. The maximum absolute atomic E-state index is 13.0. The lowest BCUT2D eigenvalue weighted by molar-refractivity contribution is -0.147. The summed E-state index contributed by atoms with van der Waals surface area (Å²) in [6.45, 7) is 4.80. The molecule has 2 aromatic carbocycles. The van der Waals surface area contributed by atoms with Crippen molar-refractivity contribution in [2.24, 2.45) is 11.8 Å². The molecular weight excluding hydrogens is 388 g/mol. The maximum atomic E-state index is 13.0. The molecule has 2 aliphatic rings. The first-order valence-corrected chi connectivity index (χ1v) is 10.9. The summed E-state index contributed by atoms with van der Waals surface area (Å²) in [5.74, 6) is -1.27. The van der Waals surface area contributed by atoms with Gasteiger partial charge in [0.05, 0.1) is 5.92 Å². The number of ketones is 2. The highest BCUT2D eigenvalue weighted by molar-refractivity contribution is 6.37. The zero-order valence-electron chi connectivity index (χ0n) is 18.0. The van der Waals surface area contributed by atoms with Crippen LogP contribution in [0.25, 0.3) is 5.70 Å². The van der Waals surface area contributed by atoms with Crippen molar-refractivity contribution >= 4 is 23.2 Å². The minimum atomic E-state index is -0.477. The molecule has 2 atom stereocenters. The number of hydrogen-bond acceptors (Lipinski definition) is 4. The molecule has 5 heteroatoms. The van der Waals surface area contributed by atoms with E-state index in [1.165, 1.54) is 0 Å². The fourth-order valence-electron chi connectivity index (χ4n) is 4.40. The van der Waals surface area contributed by atoms with Crippen LogP contribution in [0.1, 0.15) is 41.3 Å².